The molecule has 0 bridgehead atoms. The van der Waals surface area contributed by atoms with Crippen LogP contribution < -0.4 is 4.90 Å². The van der Waals surface area contributed by atoms with Crippen molar-refractivity contribution in [1.82, 2.24) is 9.80 Å². The number of para-hydroxylation sites is 1. The number of rotatable bonds is 3. The Balaban J connectivity index is 1.46. The van der Waals surface area contributed by atoms with Gasteiger partial charge >= 0.3 is 18.1 Å². The summed E-state index contributed by atoms with van der Waals surface area (Å²) in [7, 11) is 0. The Bertz CT molecular complexity index is 1140. The summed E-state index contributed by atoms with van der Waals surface area (Å²) in [6.07, 6.45) is -3.27. The lowest BCUT2D eigenvalue weighted by Gasteiger charge is -2.49. The van der Waals surface area contributed by atoms with E-state index in [1.165, 1.54) is 6.08 Å². The summed E-state index contributed by atoms with van der Waals surface area (Å²) in [5.74, 6) is -5.20. The number of halogens is 3. The Morgan fingerprint density at radius 2 is 1.82 bits per heavy atom. The number of carboxylic acids is 1. The Morgan fingerprint density at radius 3 is 2.45 bits per heavy atom. The first kappa shape index (κ1) is 21.2. The van der Waals surface area contributed by atoms with Crippen LogP contribution in [0.2, 0.25) is 0 Å². The quantitative estimate of drug-likeness (QED) is 0.546. The van der Waals surface area contributed by atoms with Gasteiger partial charge in [0.25, 0.3) is 11.8 Å². The molecule has 0 spiro atoms. The molecule has 4 heterocycles. The molecule has 8 nitrogen and oxygen atoms in total. The molecule has 2 unspecified atom stereocenters. The number of likely N-dealkylation sites (tertiary alicyclic amines) is 1. The van der Waals surface area contributed by atoms with Crippen molar-refractivity contribution in [1.29, 1.82) is 0 Å². The van der Waals surface area contributed by atoms with Crippen molar-refractivity contribution >= 4 is 29.4 Å². The highest BCUT2D eigenvalue weighted by Crippen LogP contribution is 2.48. The maximum atomic E-state index is 13.0. The molecule has 0 aliphatic carbocycles. The lowest BCUT2D eigenvalue weighted by atomic mass is 9.79. The molecular formula is C22H18F3N3O5. The number of aliphatic carboxylic acids is 1. The Hall–Kier alpha value is -3.63. The van der Waals surface area contributed by atoms with Crippen LogP contribution in [-0.2, 0) is 19.2 Å². The number of carbonyl (C=O) groups excluding carboxylic acids is 3. The summed E-state index contributed by atoms with van der Waals surface area (Å²) in [6.45, 7) is 0.0918. The van der Waals surface area contributed by atoms with Crippen molar-refractivity contribution in [2.75, 3.05) is 18.0 Å². The second-order valence-electron chi connectivity index (χ2n) is 8.45. The number of nitrogens with zero attached hydrogens (tertiary/aromatic N) is 3. The van der Waals surface area contributed by atoms with E-state index < -0.39 is 42.0 Å². The molecule has 33 heavy (non-hydrogen) atoms. The summed E-state index contributed by atoms with van der Waals surface area (Å²) in [4.78, 5) is 52.5. The number of hydrogen-bond acceptors (Lipinski definition) is 4. The van der Waals surface area contributed by atoms with Crippen LogP contribution in [0.4, 0.5) is 18.9 Å². The molecule has 0 saturated carbocycles. The fourth-order valence-electron chi connectivity index (χ4n) is 5.29. The minimum absolute atomic E-state index is 0.0519. The van der Waals surface area contributed by atoms with Crippen LogP contribution in [-0.4, -0.2) is 69.9 Å². The average Bonchev–Trinajstić information content (AvgIpc) is 3.31. The Morgan fingerprint density at radius 1 is 1.12 bits per heavy atom. The zero-order valence-corrected chi connectivity index (χ0v) is 17.1. The molecule has 4 aliphatic heterocycles. The van der Waals surface area contributed by atoms with Crippen LogP contribution in [0.5, 0.6) is 0 Å². The lowest BCUT2D eigenvalue weighted by Crippen LogP contribution is -2.70. The SMILES string of the molecule is O=C(O)C1=C(/C=C2\CCN(c3ccccc3)C2=O)CC2CN(C(=O)C(F)(F)F)C3C(=O)N1[C@H]23. The number of allylic oxidation sites excluding steroid dienone is 2. The normalized spacial score (nSPS) is 27.9. The van der Waals surface area contributed by atoms with E-state index in [0.29, 0.717) is 29.1 Å². The van der Waals surface area contributed by atoms with E-state index in [4.69, 9.17) is 0 Å². The van der Waals surface area contributed by atoms with E-state index in [-0.39, 0.29) is 30.1 Å². The number of amides is 3. The molecular weight excluding hydrogens is 443 g/mol. The summed E-state index contributed by atoms with van der Waals surface area (Å²) in [5.41, 5.74) is 0.920. The molecule has 3 fully saturated rings. The second-order valence-corrected chi connectivity index (χ2v) is 8.45. The number of anilines is 1. The highest BCUT2D eigenvalue weighted by molar-refractivity contribution is 6.09. The number of hydrogen-bond donors (Lipinski definition) is 1. The third-order valence-electron chi connectivity index (χ3n) is 6.64. The molecule has 3 amide bonds. The van der Waals surface area contributed by atoms with Crippen molar-refractivity contribution in [2.45, 2.75) is 31.1 Å². The Kier molecular flexibility index (Phi) is 4.62. The summed E-state index contributed by atoms with van der Waals surface area (Å²) in [6, 6.07) is 6.82. The van der Waals surface area contributed by atoms with E-state index >= 15 is 0 Å². The van der Waals surface area contributed by atoms with E-state index in [9.17, 15) is 37.5 Å². The number of carbonyl (C=O) groups is 4. The van der Waals surface area contributed by atoms with Crippen LogP contribution in [0.15, 0.2) is 53.3 Å². The molecule has 172 valence electrons. The van der Waals surface area contributed by atoms with Gasteiger partial charge in [-0.15, -0.1) is 0 Å². The fourth-order valence-corrected chi connectivity index (χ4v) is 5.29. The number of carboxylic acid groups (broad SMARTS) is 1. The van der Waals surface area contributed by atoms with E-state index in [1.807, 2.05) is 6.07 Å². The first-order chi connectivity index (χ1) is 15.6. The van der Waals surface area contributed by atoms with Crippen LogP contribution in [0.25, 0.3) is 0 Å². The first-order valence-corrected chi connectivity index (χ1v) is 10.3. The van der Waals surface area contributed by atoms with Crippen LogP contribution >= 0.6 is 0 Å². The van der Waals surface area contributed by atoms with Gasteiger partial charge < -0.3 is 14.9 Å². The average molecular weight is 461 g/mol. The third kappa shape index (κ3) is 3.13. The lowest BCUT2D eigenvalue weighted by molar-refractivity contribution is -0.190. The zero-order chi connectivity index (χ0) is 23.7. The molecule has 4 aliphatic rings. The number of β-lactam (4-membered cyclic amide) rings is 1. The largest absolute Gasteiger partial charge is 0.477 e. The van der Waals surface area contributed by atoms with Crippen LogP contribution in [0.1, 0.15) is 12.8 Å². The van der Waals surface area contributed by atoms with Gasteiger partial charge in [0.2, 0.25) is 0 Å². The molecule has 3 saturated heterocycles. The van der Waals surface area contributed by atoms with Gasteiger partial charge in [-0.3, -0.25) is 19.3 Å². The summed E-state index contributed by atoms with van der Waals surface area (Å²) < 4.78 is 39.0. The van der Waals surface area contributed by atoms with E-state index in [2.05, 4.69) is 0 Å². The summed E-state index contributed by atoms with van der Waals surface area (Å²) in [5, 5.41) is 9.78. The van der Waals surface area contributed by atoms with Gasteiger partial charge in [-0.05, 0) is 36.6 Å². The van der Waals surface area contributed by atoms with E-state index in [0.717, 1.165) is 4.90 Å². The molecule has 1 aromatic carbocycles. The molecule has 1 aromatic rings. The van der Waals surface area contributed by atoms with Gasteiger partial charge in [0.05, 0.1) is 6.04 Å². The predicted molar refractivity (Wildman–Crippen MR) is 106 cm³/mol. The monoisotopic (exact) mass is 461 g/mol. The fraction of sp³-hybridized carbons (Fsp3) is 0.364. The van der Waals surface area contributed by atoms with Gasteiger partial charge in [0.15, 0.2) is 0 Å². The molecule has 11 heteroatoms. The Labute approximate surface area is 185 Å². The van der Waals surface area contributed by atoms with Crippen molar-refractivity contribution in [3.8, 4) is 0 Å². The van der Waals surface area contributed by atoms with Crippen molar-refractivity contribution in [3.05, 3.63) is 53.3 Å². The number of benzene rings is 1. The van der Waals surface area contributed by atoms with Gasteiger partial charge in [0, 0.05) is 30.3 Å². The zero-order valence-electron chi connectivity index (χ0n) is 17.1. The molecule has 1 N–H and O–H groups in total. The highest BCUT2D eigenvalue weighted by atomic mass is 19.4. The van der Waals surface area contributed by atoms with Crippen molar-refractivity contribution < 1.29 is 37.5 Å². The highest BCUT2D eigenvalue weighted by Gasteiger charge is 2.66. The van der Waals surface area contributed by atoms with Gasteiger partial charge in [-0.1, -0.05) is 18.2 Å². The van der Waals surface area contributed by atoms with E-state index in [1.54, 1.807) is 29.2 Å². The second kappa shape index (κ2) is 7.19. The molecule has 0 radical (unpaired) electrons. The van der Waals surface area contributed by atoms with Crippen molar-refractivity contribution in [3.63, 3.8) is 0 Å². The molecule has 5 rings (SSSR count). The van der Waals surface area contributed by atoms with Crippen molar-refractivity contribution in [2.24, 2.45) is 5.92 Å². The third-order valence-corrected chi connectivity index (χ3v) is 6.64. The smallest absolute Gasteiger partial charge is 0.471 e. The molecule has 3 atom stereocenters. The van der Waals surface area contributed by atoms with Gasteiger partial charge in [-0.2, -0.15) is 13.2 Å². The first-order valence-electron chi connectivity index (χ1n) is 10.3. The molecule has 0 aromatic heterocycles. The topological polar surface area (TPSA) is 98.2 Å². The van der Waals surface area contributed by atoms with Crippen LogP contribution in [0, 0.1) is 5.92 Å². The maximum absolute atomic E-state index is 13.0. The van der Waals surface area contributed by atoms with Gasteiger partial charge in [0.1, 0.15) is 11.7 Å². The maximum Gasteiger partial charge on any atom is 0.471 e. The number of alkyl halides is 3. The summed E-state index contributed by atoms with van der Waals surface area (Å²) >= 11 is 0. The minimum Gasteiger partial charge on any atom is -0.477 e. The predicted octanol–water partition coefficient (Wildman–Crippen LogP) is 1.69. The van der Waals surface area contributed by atoms with Crippen LogP contribution in [0.3, 0.4) is 0 Å². The standard InChI is InChI=1S/C22H18F3N3O5/c23-22(24,25)21(33)27-10-13-9-12(16(20(31)32)28-15(13)17(27)19(28)30)8-11-6-7-26(18(11)29)14-4-2-1-3-5-14/h1-5,8,13,15,17H,6-7,9-10H2,(H,31,32)/b11-8+/t13?,15-,17?/m1/s1. The van der Waals surface area contributed by atoms with Gasteiger partial charge in [-0.25, -0.2) is 4.79 Å². The minimum atomic E-state index is -5.13.